The molecule has 1 heterocycles. The summed E-state index contributed by atoms with van der Waals surface area (Å²) >= 11 is 7.39. The molecule has 0 saturated heterocycles. The summed E-state index contributed by atoms with van der Waals surface area (Å²) in [6.45, 7) is 9.89. The van der Waals surface area contributed by atoms with Crippen molar-refractivity contribution < 1.29 is 9.59 Å². The van der Waals surface area contributed by atoms with Gasteiger partial charge in [-0.05, 0) is 50.1 Å². The summed E-state index contributed by atoms with van der Waals surface area (Å²) < 4.78 is 1.84. The number of nitrogens with one attached hydrogen (secondary N) is 2. The second kappa shape index (κ2) is 11.2. The molecular formula is C24H26ClN5O2S. The van der Waals surface area contributed by atoms with Crippen LogP contribution in [0.5, 0.6) is 0 Å². The van der Waals surface area contributed by atoms with Crippen molar-refractivity contribution in [1.82, 2.24) is 20.1 Å². The number of aryl methyl sites for hydroxylation is 2. The number of amides is 2. The lowest BCUT2D eigenvalue weighted by molar-refractivity contribution is -0.113. The topological polar surface area (TPSA) is 88.9 Å². The van der Waals surface area contributed by atoms with Gasteiger partial charge in [-0.3, -0.25) is 9.59 Å². The van der Waals surface area contributed by atoms with Crippen LogP contribution in [0.3, 0.4) is 0 Å². The molecule has 0 aliphatic carbocycles. The Balaban J connectivity index is 1.67. The Hall–Kier alpha value is -3.10. The van der Waals surface area contributed by atoms with E-state index in [9.17, 15) is 9.59 Å². The van der Waals surface area contributed by atoms with Crippen molar-refractivity contribution in [2.45, 2.75) is 38.5 Å². The molecule has 0 aliphatic rings. The quantitative estimate of drug-likeness (QED) is 0.332. The van der Waals surface area contributed by atoms with Crippen molar-refractivity contribution in [3.8, 4) is 0 Å². The van der Waals surface area contributed by atoms with Gasteiger partial charge in [-0.25, -0.2) is 0 Å². The standard InChI is InChI=1S/C24H26ClN5O2S/c1-5-12-30-22(17(4)26-23(32)19-9-7-6-8-15(19)2)28-29-24(30)33-14-21(31)27-18-11-10-16(3)20(25)13-18/h5-11,13,17H,1,12,14H2,2-4H3,(H,26,32)(H,27,31)/t17-/m1/s1. The van der Waals surface area contributed by atoms with Crippen LogP contribution in [0.2, 0.25) is 5.02 Å². The molecule has 33 heavy (non-hydrogen) atoms. The van der Waals surface area contributed by atoms with E-state index in [2.05, 4.69) is 27.4 Å². The molecule has 0 fully saturated rings. The van der Waals surface area contributed by atoms with Gasteiger partial charge in [0.1, 0.15) is 0 Å². The molecule has 1 aromatic heterocycles. The van der Waals surface area contributed by atoms with E-state index in [1.807, 2.05) is 49.6 Å². The van der Waals surface area contributed by atoms with Crippen LogP contribution in [-0.2, 0) is 11.3 Å². The van der Waals surface area contributed by atoms with E-state index in [0.29, 0.717) is 33.8 Å². The Morgan fingerprint density at radius 3 is 2.64 bits per heavy atom. The third kappa shape index (κ3) is 6.24. The van der Waals surface area contributed by atoms with Crippen molar-refractivity contribution >= 4 is 40.9 Å². The van der Waals surface area contributed by atoms with Gasteiger partial charge in [0.2, 0.25) is 5.91 Å². The molecule has 0 spiro atoms. The lowest BCUT2D eigenvalue weighted by Gasteiger charge is -2.16. The second-order valence-corrected chi connectivity index (χ2v) is 8.90. The van der Waals surface area contributed by atoms with Crippen LogP contribution in [0, 0.1) is 13.8 Å². The molecule has 0 unspecified atom stereocenters. The van der Waals surface area contributed by atoms with Gasteiger partial charge in [0.05, 0.1) is 11.8 Å². The number of benzene rings is 2. The fourth-order valence-electron chi connectivity index (χ4n) is 3.19. The van der Waals surface area contributed by atoms with Crippen molar-refractivity contribution in [3.05, 3.63) is 82.7 Å². The van der Waals surface area contributed by atoms with Crippen LogP contribution < -0.4 is 10.6 Å². The number of thioether (sulfide) groups is 1. The highest BCUT2D eigenvalue weighted by Crippen LogP contribution is 2.23. The zero-order valence-electron chi connectivity index (χ0n) is 18.8. The first-order valence-corrected chi connectivity index (χ1v) is 11.8. The maximum Gasteiger partial charge on any atom is 0.252 e. The van der Waals surface area contributed by atoms with Gasteiger partial charge in [0.15, 0.2) is 11.0 Å². The van der Waals surface area contributed by atoms with Gasteiger partial charge in [-0.1, -0.05) is 53.7 Å². The molecule has 9 heteroatoms. The minimum absolute atomic E-state index is 0.144. The SMILES string of the molecule is C=CCn1c(SCC(=O)Nc2ccc(C)c(Cl)c2)nnc1[C@@H](C)NC(=O)c1ccccc1C. The maximum absolute atomic E-state index is 12.7. The van der Waals surface area contributed by atoms with Gasteiger partial charge in [0.25, 0.3) is 5.91 Å². The van der Waals surface area contributed by atoms with Crippen LogP contribution in [0.4, 0.5) is 5.69 Å². The molecule has 0 bridgehead atoms. The third-order valence-electron chi connectivity index (χ3n) is 4.97. The first-order valence-electron chi connectivity index (χ1n) is 10.4. The number of halogens is 1. The molecule has 0 radical (unpaired) electrons. The van der Waals surface area contributed by atoms with Crippen LogP contribution in [0.25, 0.3) is 0 Å². The monoisotopic (exact) mass is 483 g/mol. The molecule has 0 saturated carbocycles. The van der Waals surface area contributed by atoms with Crippen LogP contribution in [-0.4, -0.2) is 32.3 Å². The van der Waals surface area contributed by atoms with Crippen molar-refractivity contribution in [2.24, 2.45) is 0 Å². The molecule has 2 aromatic carbocycles. The number of carbonyl (C=O) groups excluding carboxylic acids is 2. The molecule has 3 rings (SSSR count). The summed E-state index contributed by atoms with van der Waals surface area (Å²) in [4.78, 5) is 25.1. The molecule has 3 aromatic rings. The molecule has 1 atom stereocenters. The van der Waals surface area contributed by atoms with E-state index in [4.69, 9.17) is 11.6 Å². The van der Waals surface area contributed by atoms with E-state index in [0.717, 1.165) is 11.1 Å². The fourth-order valence-corrected chi connectivity index (χ4v) is 4.13. The zero-order valence-corrected chi connectivity index (χ0v) is 20.3. The molecule has 2 N–H and O–H groups in total. The predicted octanol–water partition coefficient (Wildman–Crippen LogP) is 4.96. The summed E-state index contributed by atoms with van der Waals surface area (Å²) in [5.74, 6) is 0.365. The van der Waals surface area contributed by atoms with Crippen LogP contribution in [0.1, 0.15) is 40.3 Å². The van der Waals surface area contributed by atoms with Crippen molar-refractivity contribution in [1.29, 1.82) is 0 Å². The number of aromatic nitrogens is 3. The maximum atomic E-state index is 12.7. The van der Waals surface area contributed by atoms with Gasteiger partial charge < -0.3 is 15.2 Å². The molecule has 0 aliphatic heterocycles. The molecule has 7 nitrogen and oxygen atoms in total. The number of nitrogens with zero attached hydrogens (tertiary/aromatic N) is 3. The van der Waals surface area contributed by atoms with E-state index >= 15 is 0 Å². The lowest BCUT2D eigenvalue weighted by atomic mass is 10.1. The first kappa shape index (κ1) is 24.5. The Kier molecular flexibility index (Phi) is 8.30. The highest BCUT2D eigenvalue weighted by Gasteiger charge is 2.21. The number of allylic oxidation sites excluding steroid dienone is 1. The highest BCUT2D eigenvalue weighted by atomic mass is 35.5. The summed E-state index contributed by atoms with van der Waals surface area (Å²) in [5, 5.41) is 15.5. The molecule has 172 valence electrons. The Morgan fingerprint density at radius 2 is 1.94 bits per heavy atom. The number of hydrogen-bond acceptors (Lipinski definition) is 5. The van der Waals surface area contributed by atoms with Gasteiger partial charge in [-0.2, -0.15) is 0 Å². The minimum atomic E-state index is -0.387. The lowest BCUT2D eigenvalue weighted by Crippen LogP contribution is -2.29. The summed E-state index contributed by atoms with van der Waals surface area (Å²) in [7, 11) is 0. The van der Waals surface area contributed by atoms with E-state index in [1.54, 1.807) is 24.3 Å². The van der Waals surface area contributed by atoms with Crippen LogP contribution in [0.15, 0.2) is 60.3 Å². The minimum Gasteiger partial charge on any atom is -0.342 e. The Bertz CT molecular complexity index is 1180. The van der Waals surface area contributed by atoms with E-state index in [1.165, 1.54) is 11.8 Å². The number of anilines is 1. The number of carbonyl (C=O) groups is 2. The molecular weight excluding hydrogens is 458 g/mol. The Morgan fingerprint density at radius 1 is 1.18 bits per heavy atom. The summed E-state index contributed by atoms with van der Waals surface area (Å²) in [5.41, 5.74) is 3.09. The first-order chi connectivity index (χ1) is 15.8. The third-order valence-corrected chi connectivity index (χ3v) is 6.34. The number of rotatable bonds is 9. The average Bonchev–Trinajstić information content (AvgIpc) is 3.18. The highest BCUT2D eigenvalue weighted by molar-refractivity contribution is 7.99. The fraction of sp³-hybridized carbons (Fsp3) is 0.250. The summed E-state index contributed by atoms with van der Waals surface area (Å²) in [6.07, 6.45) is 1.72. The van der Waals surface area contributed by atoms with Crippen molar-refractivity contribution in [3.63, 3.8) is 0 Å². The van der Waals surface area contributed by atoms with Crippen molar-refractivity contribution in [2.75, 3.05) is 11.1 Å². The van der Waals surface area contributed by atoms with E-state index in [-0.39, 0.29) is 23.6 Å². The predicted molar refractivity (Wildman–Crippen MR) is 133 cm³/mol. The molecule has 2 amide bonds. The average molecular weight is 484 g/mol. The van der Waals surface area contributed by atoms with Crippen LogP contribution >= 0.6 is 23.4 Å². The smallest absolute Gasteiger partial charge is 0.252 e. The van der Waals surface area contributed by atoms with E-state index < -0.39 is 0 Å². The second-order valence-electron chi connectivity index (χ2n) is 7.55. The van der Waals surface area contributed by atoms with Gasteiger partial charge in [0, 0.05) is 22.8 Å². The van der Waals surface area contributed by atoms with Gasteiger partial charge >= 0.3 is 0 Å². The zero-order chi connectivity index (χ0) is 24.0. The summed E-state index contributed by atoms with van der Waals surface area (Å²) in [6, 6.07) is 12.4. The normalized spacial score (nSPS) is 11.6. The largest absolute Gasteiger partial charge is 0.342 e. The van der Waals surface area contributed by atoms with Gasteiger partial charge in [-0.15, -0.1) is 16.8 Å². The number of hydrogen-bond donors (Lipinski definition) is 2. The Labute approximate surface area is 202 Å².